The molecule has 1 aliphatic heterocycles. The molecule has 0 aliphatic carbocycles. The molecule has 14 heteroatoms. The molecule has 1 unspecified atom stereocenters. The molecule has 0 fully saturated rings. The van der Waals surface area contributed by atoms with Gasteiger partial charge in [-0.15, -0.1) is 5.10 Å². The van der Waals surface area contributed by atoms with Crippen LogP contribution in [0, 0.1) is 0 Å². The second-order valence-corrected chi connectivity index (χ2v) is 10.3. The first-order chi connectivity index (χ1) is 21.3. The first-order valence-electron chi connectivity index (χ1n) is 13.5. The second-order valence-electron chi connectivity index (χ2n) is 9.86. The van der Waals surface area contributed by atoms with Gasteiger partial charge in [0.25, 0.3) is 0 Å². The predicted molar refractivity (Wildman–Crippen MR) is 162 cm³/mol. The molecule has 3 aromatic carbocycles. The molecule has 0 saturated heterocycles. The third-order valence-electron chi connectivity index (χ3n) is 7.22. The highest BCUT2D eigenvalue weighted by molar-refractivity contribution is 6.30. The number of fused-ring (bicyclic) bond motifs is 1. The number of nitrogens with zero attached hydrogens (tertiary/aromatic N) is 5. The molecule has 0 saturated carbocycles. The standard InChI is InChI=1S/C30H29ClN8O5/c1-18(22-8-5-9-24(28(22)44-32)35-30(42)43-2)34-29(41)27-23-7-4-3-6-19(23)14-15-38(27)26(40)13-10-20-16-21(31)11-12-25(20)39-17-33-36-37-39/h3-13,16-18,27H,14-15,32H2,1-2H3,(H,34,41)(H,35,42)/b13-10+/t18?,27-/m0/s1. The Morgan fingerprint density at radius 3 is 2.70 bits per heavy atom. The predicted octanol–water partition coefficient (Wildman–Crippen LogP) is 3.76. The number of carbonyl (C=O) groups excluding carboxylic acids is 3. The molecule has 5 rings (SSSR count). The molecule has 1 aromatic heterocycles. The zero-order valence-corrected chi connectivity index (χ0v) is 24.6. The number of nitrogens with one attached hydrogen (secondary N) is 2. The van der Waals surface area contributed by atoms with Crippen molar-refractivity contribution in [2.75, 3.05) is 19.0 Å². The number of hydrogen-bond acceptors (Lipinski definition) is 9. The van der Waals surface area contributed by atoms with Crippen LogP contribution in [-0.2, 0) is 20.7 Å². The van der Waals surface area contributed by atoms with E-state index in [0.29, 0.717) is 34.8 Å². The number of methoxy groups -OCH3 is 1. The zero-order chi connectivity index (χ0) is 31.2. The van der Waals surface area contributed by atoms with Gasteiger partial charge in [0.15, 0.2) is 5.75 Å². The van der Waals surface area contributed by atoms with Crippen LogP contribution >= 0.6 is 11.6 Å². The molecule has 4 aromatic rings. The number of benzene rings is 3. The Kier molecular flexibility index (Phi) is 9.17. The smallest absolute Gasteiger partial charge is 0.411 e. The minimum Gasteiger partial charge on any atom is -0.453 e. The summed E-state index contributed by atoms with van der Waals surface area (Å²) in [6.07, 6.45) is 4.33. The molecular formula is C30H29ClN8O5. The van der Waals surface area contributed by atoms with Crippen LogP contribution in [0.5, 0.6) is 5.75 Å². The first kappa shape index (κ1) is 30.2. The zero-order valence-electron chi connectivity index (χ0n) is 23.8. The van der Waals surface area contributed by atoms with E-state index < -0.39 is 24.1 Å². The summed E-state index contributed by atoms with van der Waals surface area (Å²) in [7, 11) is 1.23. The Hall–Kier alpha value is -5.27. The fourth-order valence-electron chi connectivity index (χ4n) is 5.14. The second kappa shape index (κ2) is 13.4. The van der Waals surface area contributed by atoms with Crippen LogP contribution in [-0.4, -0.2) is 56.7 Å². The van der Waals surface area contributed by atoms with Crippen molar-refractivity contribution >= 4 is 41.3 Å². The minimum atomic E-state index is -0.920. The highest BCUT2D eigenvalue weighted by atomic mass is 35.5. The van der Waals surface area contributed by atoms with Crippen LogP contribution in [0.4, 0.5) is 10.5 Å². The Bertz CT molecular complexity index is 1710. The molecule has 1 aliphatic rings. The third-order valence-corrected chi connectivity index (χ3v) is 7.45. The van der Waals surface area contributed by atoms with Crippen LogP contribution in [0.1, 0.15) is 41.3 Å². The van der Waals surface area contributed by atoms with Crippen LogP contribution in [0.15, 0.2) is 73.1 Å². The van der Waals surface area contributed by atoms with E-state index in [1.807, 2.05) is 24.3 Å². The highest BCUT2D eigenvalue weighted by Gasteiger charge is 2.36. The van der Waals surface area contributed by atoms with Crippen LogP contribution in [0.2, 0.25) is 5.02 Å². The van der Waals surface area contributed by atoms with E-state index in [-0.39, 0.29) is 17.3 Å². The van der Waals surface area contributed by atoms with Crippen molar-refractivity contribution in [1.29, 1.82) is 0 Å². The maximum Gasteiger partial charge on any atom is 0.411 e. The van der Waals surface area contributed by atoms with E-state index in [2.05, 4.69) is 30.9 Å². The largest absolute Gasteiger partial charge is 0.453 e. The number of ether oxygens (including phenoxy) is 1. The number of aromatic nitrogens is 4. The monoisotopic (exact) mass is 616 g/mol. The first-order valence-corrected chi connectivity index (χ1v) is 13.9. The van der Waals surface area contributed by atoms with Gasteiger partial charge >= 0.3 is 6.09 Å². The van der Waals surface area contributed by atoms with Gasteiger partial charge in [-0.2, -0.15) is 10.6 Å². The number of nitrogens with two attached hydrogens (primary N) is 1. The summed E-state index contributed by atoms with van der Waals surface area (Å²) in [6, 6.07) is 16.1. The summed E-state index contributed by atoms with van der Waals surface area (Å²) in [5.41, 5.74) is 3.70. The number of para-hydroxylation sites is 1. The van der Waals surface area contributed by atoms with Crippen molar-refractivity contribution < 1.29 is 24.0 Å². The maximum absolute atomic E-state index is 14.0. The fourth-order valence-corrected chi connectivity index (χ4v) is 5.32. The van der Waals surface area contributed by atoms with Gasteiger partial charge in [0.1, 0.15) is 12.4 Å². The van der Waals surface area contributed by atoms with Crippen molar-refractivity contribution in [3.05, 3.63) is 100 Å². The molecule has 0 spiro atoms. The number of halogens is 1. The molecule has 2 atom stereocenters. The minimum absolute atomic E-state index is 0.158. The number of tetrazole rings is 1. The van der Waals surface area contributed by atoms with Crippen molar-refractivity contribution in [2.45, 2.75) is 25.4 Å². The van der Waals surface area contributed by atoms with E-state index in [9.17, 15) is 14.4 Å². The summed E-state index contributed by atoms with van der Waals surface area (Å²) in [4.78, 5) is 46.1. The number of anilines is 1. The molecule has 3 amide bonds. The van der Waals surface area contributed by atoms with Crippen molar-refractivity contribution in [2.24, 2.45) is 5.90 Å². The van der Waals surface area contributed by atoms with E-state index in [4.69, 9.17) is 22.3 Å². The van der Waals surface area contributed by atoms with Crippen LogP contribution < -0.4 is 21.4 Å². The SMILES string of the molecule is COC(=O)Nc1cccc(C(C)NC(=O)[C@@H]2c3ccccc3CCN2C(=O)/C=C/c2cc(Cl)ccc2-n2cnnn2)c1ON. The maximum atomic E-state index is 14.0. The lowest BCUT2D eigenvalue weighted by Gasteiger charge is -2.36. The van der Waals surface area contributed by atoms with Crippen LogP contribution in [0.3, 0.4) is 0 Å². The fraction of sp³-hybridized carbons (Fsp3) is 0.200. The van der Waals surface area contributed by atoms with Crippen molar-refractivity contribution in [3.63, 3.8) is 0 Å². The highest BCUT2D eigenvalue weighted by Crippen LogP contribution is 2.35. The molecule has 44 heavy (non-hydrogen) atoms. The quantitative estimate of drug-likeness (QED) is 0.197. The van der Waals surface area contributed by atoms with E-state index in [1.54, 1.807) is 49.4 Å². The number of rotatable bonds is 8. The number of carbonyl (C=O) groups is 3. The average Bonchev–Trinajstić information content (AvgIpc) is 3.57. The molecule has 226 valence electrons. The Balaban J connectivity index is 1.43. The van der Waals surface area contributed by atoms with Gasteiger partial charge in [0.2, 0.25) is 11.8 Å². The third kappa shape index (κ3) is 6.38. The lowest BCUT2D eigenvalue weighted by Crippen LogP contribution is -2.47. The molecule has 4 N–H and O–H groups in total. The number of amides is 3. The molecule has 0 radical (unpaired) electrons. The van der Waals surface area contributed by atoms with Gasteiger partial charge in [-0.3, -0.25) is 14.9 Å². The van der Waals surface area contributed by atoms with Gasteiger partial charge in [-0.05, 0) is 65.2 Å². The summed E-state index contributed by atoms with van der Waals surface area (Å²) < 4.78 is 6.13. The Morgan fingerprint density at radius 2 is 1.95 bits per heavy atom. The van der Waals surface area contributed by atoms with Crippen molar-refractivity contribution in [3.8, 4) is 11.4 Å². The molecule has 2 heterocycles. The Morgan fingerprint density at radius 1 is 1.14 bits per heavy atom. The summed E-state index contributed by atoms with van der Waals surface area (Å²) >= 11 is 6.24. The van der Waals surface area contributed by atoms with Gasteiger partial charge in [-0.25, -0.2) is 4.79 Å². The number of hydrogen-bond donors (Lipinski definition) is 3. The lowest BCUT2D eigenvalue weighted by molar-refractivity contribution is -0.138. The van der Waals surface area contributed by atoms with E-state index in [1.165, 1.54) is 29.1 Å². The lowest BCUT2D eigenvalue weighted by atomic mass is 9.91. The van der Waals surface area contributed by atoms with Gasteiger partial charge < -0.3 is 19.8 Å². The van der Waals surface area contributed by atoms with Crippen LogP contribution in [0.25, 0.3) is 11.8 Å². The van der Waals surface area contributed by atoms with Gasteiger partial charge in [0.05, 0.1) is 24.5 Å². The summed E-state index contributed by atoms with van der Waals surface area (Å²) in [5.74, 6) is 4.93. The van der Waals surface area contributed by atoms with Crippen molar-refractivity contribution in [1.82, 2.24) is 30.4 Å². The van der Waals surface area contributed by atoms with Gasteiger partial charge in [0, 0.05) is 28.8 Å². The average molecular weight is 617 g/mol. The molecule has 0 bridgehead atoms. The van der Waals surface area contributed by atoms with Gasteiger partial charge in [-0.1, -0.05) is 48.0 Å². The molecule has 13 nitrogen and oxygen atoms in total. The Labute approximate surface area is 257 Å². The summed E-state index contributed by atoms with van der Waals surface area (Å²) in [6.45, 7) is 2.07. The van der Waals surface area contributed by atoms with E-state index >= 15 is 0 Å². The topological polar surface area (TPSA) is 167 Å². The normalized spacial score (nSPS) is 14.9. The van der Waals surface area contributed by atoms with E-state index in [0.717, 1.165) is 11.1 Å². The summed E-state index contributed by atoms with van der Waals surface area (Å²) in [5, 5.41) is 17.3. The molecular weight excluding hydrogens is 588 g/mol.